The number of ether oxygens (including phenoxy) is 1. The van der Waals surface area contributed by atoms with Gasteiger partial charge in [0.25, 0.3) is 0 Å². The fraction of sp³-hybridized carbons (Fsp3) is 0.125. The second-order valence-corrected chi connectivity index (χ2v) is 5.37. The van der Waals surface area contributed by atoms with Gasteiger partial charge in [-0.2, -0.15) is 0 Å². The van der Waals surface area contributed by atoms with Crippen LogP contribution in [0, 0.1) is 0 Å². The number of hydrogen-bond donors (Lipinski definition) is 1. The molecule has 2 nitrogen and oxygen atoms in total. The van der Waals surface area contributed by atoms with Crippen molar-refractivity contribution in [2.45, 2.75) is 6.10 Å². The first-order valence-corrected chi connectivity index (χ1v) is 6.95. The molecule has 1 atom stereocenters. The van der Waals surface area contributed by atoms with Gasteiger partial charge in [-0.15, -0.1) is 11.3 Å². The number of benzene rings is 2. The monoisotopic (exact) mass is 270 g/mol. The molecule has 0 amide bonds. The van der Waals surface area contributed by atoms with Gasteiger partial charge in [-0.25, -0.2) is 0 Å². The Balaban J connectivity index is 2.02. The van der Waals surface area contributed by atoms with Crippen molar-refractivity contribution in [2.75, 3.05) is 7.11 Å². The van der Waals surface area contributed by atoms with Crippen LogP contribution in [0.2, 0.25) is 0 Å². The molecule has 0 saturated heterocycles. The lowest BCUT2D eigenvalue weighted by Crippen LogP contribution is -1.96. The molecule has 0 aliphatic heterocycles. The second-order valence-electron chi connectivity index (χ2n) is 4.39. The summed E-state index contributed by atoms with van der Waals surface area (Å²) < 4.78 is 5.21. The minimum absolute atomic E-state index is 0.550. The maximum absolute atomic E-state index is 10.3. The molecule has 3 heteroatoms. The largest absolute Gasteiger partial charge is 0.497 e. The molecule has 0 aliphatic carbocycles. The van der Waals surface area contributed by atoms with Crippen LogP contribution in [0.15, 0.2) is 53.9 Å². The second kappa shape index (κ2) is 5.03. The van der Waals surface area contributed by atoms with Gasteiger partial charge in [0, 0.05) is 4.88 Å². The molecular weight excluding hydrogens is 256 g/mol. The Morgan fingerprint density at radius 2 is 1.84 bits per heavy atom. The van der Waals surface area contributed by atoms with E-state index < -0.39 is 6.10 Å². The highest BCUT2D eigenvalue weighted by atomic mass is 32.1. The van der Waals surface area contributed by atoms with E-state index in [1.165, 1.54) is 0 Å². The van der Waals surface area contributed by atoms with Crippen molar-refractivity contribution in [1.29, 1.82) is 0 Å². The minimum Gasteiger partial charge on any atom is -0.497 e. The summed E-state index contributed by atoms with van der Waals surface area (Å²) in [4.78, 5) is 0.966. The third-order valence-electron chi connectivity index (χ3n) is 3.20. The van der Waals surface area contributed by atoms with Crippen molar-refractivity contribution in [2.24, 2.45) is 0 Å². The first-order chi connectivity index (χ1) is 9.28. The molecular formula is C16H14O2S. The van der Waals surface area contributed by atoms with Crippen molar-refractivity contribution in [3.63, 3.8) is 0 Å². The summed E-state index contributed by atoms with van der Waals surface area (Å²) in [6, 6.07) is 15.9. The molecule has 1 heterocycles. The van der Waals surface area contributed by atoms with Gasteiger partial charge in [-0.3, -0.25) is 0 Å². The highest BCUT2D eigenvalue weighted by Gasteiger charge is 2.11. The zero-order chi connectivity index (χ0) is 13.2. The Morgan fingerprint density at radius 3 is 2.58 bits per heavy atom. The van der Waals surface area contributed by atoms with Crippen LogP contribution in [0.25, 0.3) is 10.8 Å². The summed E-state index contributed by atoms with van der Waals surface area (Å²) in [6.45, 7) is 0. The van der Waals surface area contributed by atoms with E-state index in [9.17, 15) is 5.11 Å². The molecule has 96 valence electrons. The lowest BCUT2D eigenvalue weighted by atomic mass is 10.0. The van der Waals surface area contributed by atoms with Crippen LogP contribution in [0.1, 0.15) is 16.5 Å². The van der Waals surface area contributed by atoms with E-state index >= 15 is 0 Å². The predicted octanol–water partition coefficient (Wildman–Crippen LogP) is 3.99. The van der Waals surface area contributed by atoms with Crippen molar-refractivity contribution in [1.82, 2.24) is 0 Å². The summed E-state index contributed by atoms with van der Waals surface area (Å²) in [5.74, 6) is 0.846. The lowest BCUT2D eigenvalue weighted by Gasteiger charge is -2.10. The van der Waals surface area contributed by atoms with Gasteiger partial charge in [0.15, 0.2) is 0 Å². The summed E-state index contributed by atoms with van der Waals surface area (Å²) in [6.07, 6.45) is -0.550. The number of fused-ring (bicyclic) bond motifs is 1. The van der Waals surface area contributed by atoms with Gasteiger partial charge in [0.2, 0.25) is 0 Å². The molecule has 0 bridgehead atoms. The average molecular weight is 270 g/mol. The molecule has 0 fully saturated rings. The van der Waals surface area contributed by atoms with Crippen LogP contribution in [0.5, 0.6) is 5.75 Å². The normalized spacial score (nSPS) is 12.5. The average Bonchev–Trinajstić information content (AvgIpc) is 2.99. The number of aliphatic hydroxyl groups is 1. The molecule has 0 spiro atoms. The number of methoxy groups -OCH3 is 1. The molecule has 2 aromatic carbocycles. The Hall–Kier alpha value is -1.84. The highest BCUT2D eigenvalue weighted by molar-refractivity contribution is 7.10. The number of hydrogen-bond acceptors (Lipinski definition) is 3. The topological polar surface area (TPSA) is 29.5 Å². The van der Waals surface area contributed by atoms with Gasteiger partial charge in [0.05, 0.1) is 7.11 Å². The lowest BCUT2D eigenvalue weighted by molar-refractivity contribution is 0.224. The molecule has 1 N–H and O–H groups in total. The summed E-state index contributed by atoms with van der Waals surface area (Å²) in [5, 5.41) is 14.5. The standard InChI is InChI=1S/C16H14O2S/c1-18-14-7-6-11-9-13(5-4-12(11)10-14)16(17)15-3-2-8-19-15/h2-10,16-17H,1H3/t16-/m1/s1. The summed E-state index contributed by atoms with van der Waals surface area (Å²) in [7, 11) is 1.66. The molecule has 3 aromatic rings. The van der Waals surface area contributed by atoms with Crippen LogP contribution in [-0.4, -0.2) is 12.2 Å². The van der Waals surface area contributed by atoms with Crippen LogP contribution in [0.3, 0.4) is 0 Å². The van der Waals surface area contributed by atoms with Crippen molar-refractivity contribution in [3.8, 4) is 5.75 Å². The Morgan fingerprint density at radius 1 is 1.05 bits per heavy atom. The van der Waals surface area contributed by atoms with E-state index in [1.807, 2.05) is 53.9 Å². The van der Waals surface area contributed by atoms with Crippen molar-refractivity contribution in [3.05, 3.63) is 64.4 Å². The third kappa shape index (κ3) is 2.35. The van der Waals surface area contributed by atoms with E-state index in [1.54, 1.807) is 18.4 Å². The van der Waals surface area contributed by atoms with Gasteiger partial charge in [-0.1, -0.05) is 24.3 Å². The molecule has 0 radical (unpaired) electrons. The Kier molecular flexibility index (Phi) is 3.23. The predicted molar refractivity (Wildman–Crippen MR) is 78.9 cm³/mol. The van der Waals surface area contributed by atoms with Gasteiger partial charge < -0.3 is 9.84 Å². The van der Waals surface area contributed by atoms with E-state index in [-0.39, 0.29) is 0 Å². The maximum atomic E-state index is 10.3. The van der Waals surface area contributed by atoms with E-state index in [4.69, 9.17) is 4.74 Å². The third-order valence-corrected chi connectivity index (χ3v) is 4.12. The van der Waals surface area contributed by atoms with E-state index in [0.717, 1.165) is 27.0 Å². The SMILES string of the molecule is COc1ccc2cc([C@@H](O)c3cccs3)ccc2c1. The number of rotatable bonds is 3. The Bertz CT molecular complexity index is 689. The molecule has 0 aliphatic rings. The summed E-state index contributed by atoms with van der Waals surface area (Å²) in [5.41, 5.74) is 0.917. The fourth-order valence-corrected chi connectivity index (χ4v) is 2.89. The highest BCUT2D eigenvalue weighted by Crippen LogP contribution is 2.29. The smallest absolute Gasteiger partial charge is 0.119 e. The van der Waals surface area contributed by atoms with Crippen molar-refractivity contribution < 1.29 is 9.84 Å². The van der Waals surface area contributed by atoms with Gasteiger partial charge in [-0.05, 0) is 46.0 Å². The van der Waals surface area contributed by atoms with Gasteiger partial charge >= 0.3 is 0 Å². The molecule has 0 saturated carbocycles. The minimum atomic E-state index is -0.550. The van der Waals surface area contributed by atoms with Crippen molar-refractivity contribution >= 4 is 22.1 Å². The number of thiophene rings is 1. The first kappa shape index (κ1) is 12.2. The molecule has 1 aromatic heterocycles. The van der Waals surface area contributed by atoms with Crippen LogP contribution < -0.4 is 4.74 Å². The summed E-state index contributed by atoms with van der Waals surface area (Å²) >= 11 is 1.57. The molecule has 0 unspecified atom stereocenters. The van der Waals surface area contributed by atoms with E-state index in [0.29, 0.717) is 0 Å². The van der Waals surface area contributed by atoms with Crippen LogP contribution in [0.4, 0.5) is 0 Å². The van der Waals surface area contributed by atoms with Crippen LogP contribution in [-0.2, 0) is 0 Å². The number of aliphatic hydroxyl groups excluding tert-OH is 1. The molecule has 19 heavy (non-hydrogen) atoms. The first-order valence-electron chi connectivity index (χ1n) is 6.07. The Labute approximate surface area is 115 Å². The van der Waals surface area contributed by atoms with Gasteiger partial charge in [0.1, 0.15) is 11.9 Å². The zero-order valence-corrected chi connectivity index (χ0v) is 11.4. The maximum Gasteiger partial charge on any atom is 0.119 e. The van der Waals surface area contributed by atoms with E-state index in [2.05, 4.69) is 0 Å². The molecule has 3 rings (SSSR count). The quantitative estimate of drug-likeness (QED) is 0.779. The zero-order valence-electron chi connectivity index (χ0n) is 10.5. The van der Waals surface area contributed by atoms with Crippen LogP contribution >= 0.6 is 11.3 Å². The fourth-order valence-electron chi connectivity index (χ4n) is 2.15.